The number of hydrogen-bond acceptors (Lipinski definition) is 3. The molecule has 0 saturated carbocycles. The second kappa shape index (κ2) is 6.15. The van der Waals surface area contributed by atoms with E-state index in [1.165, 1.54) is 0 Å². The van der Waals surface area contributed by atoms with Crippen LogP contribution in [0.2, 0.25) is 10.0 Å². The highest BCUT2D eigenvalue weighted by Gasteiger charge is 2.18. The zero-order chi connectivity index (χ0) is 13.1. The van der Waals surface area contributed by atoms with Gasteiger partial charge in [-0.25, -0.2) is 0 Å². The predicted molar refractivity (Wildman–Crippen MR) is 75.1 cm³/mol. The molecule has 0 spiro atoms. The van der Waals surface area contributed by atoms with E-state index in [-0.39, 0.29) is 5.78 Å². The Morgan fingerprint density at radius 3 is 2.50 bits per heavy atom. The lowest BCUT2D eigenvalue weighted by Crippen LogP contribution is -2.40. The molecule has 18 heavy (non-hydrogen) atoms. The van der Waals surface area contributed by atoms with E-state index < -0.39 is 10.8 Å². The predicted octanol–water partition coefficient (Wildman–Crippen LogP) is 2.24. The van der Waals surface area contributed by atoms with E-state index in [2.05, 4.69) is 0 Å². The molecule has 1 aliphatic rings. The molecule has 1 aromatic rings. The SMILES string of the molecule is O=C(CN1CCS(=O)CC1)c1ccc(Cl)c(Cl)c1. The molecular weight excluding hydrogens is 293 g/mol. The molecule has 0 radical (unpaired) electrons. The van der Waals surface area contributed by atoms with Gasteiger partial charge in [0.15, 0.2) is 5.78 Å². The molecule has 0 bridgehead atoms. The number of carbonyl (C=O) groups excluding carboxylic acids is 1. The van der Waals surface area contributed by atoms with Crippen molar-refractivity contribution in [2.45, 2.75) is 0 Å². The van der Waals surface area contributed by atoms with Crippen LogP contribution in [0.15, 0.2) is 18.2 Å². The minimum absolute atomic E-state index is 0.0150. The van der Waals surface area contributed by atoms with Gasteiger partial charge in [0, 0.05) is 41.0 Å². The molecule has 2 rings (SSSR count). The number of nitrogens with zero attached hydrogens (tertiary/aromatic N) is 1. The maximum Gasteiger partial charge on any atom is 0.176 e. The third kappa shape index (κ3) is 3.54. The van der Waals surface area contributed by atoms with Gasteiger partial charge >= 0.3 is 0 Å². The molecule has 0 aliphatic carbocycles. The minimum Gasteiger partial charge on any atom is -0.294 e. The van der Waals surface area contributed by atoms with E-state index in [1.807, 2.05) is 4.90 Å². The van der Waals surface area contributed by atoms with Crippen LogP contribution in [-0.2, 0) is 10.8 Å². The number of Topliss-reactive ketones (excluding diaryl/α,β-unsaturated/α-hetero) is 1. The van der Waals surface area contributed by atoms with Crippen LogP contribution in [0, 0.1) is 0 Å². The molecule has 98 valence electrons. The molecule has 1 aromatic carbocycles. The van der Waals surface area contributed by atoms with Crippen LogP contribution in [-0.4, -0.2) is 46.0 Å². The first-order valence-electron chi connectivity index (χ1n) is 5.62. The molecule has 1 aliphatic heterocycles. The maximum atomic E-state index is 12.0. The zero-order valence-corrected chi connectivity index (χ0v) is 12.0. The molecule has 0 amide bonds. The normalized spacial score (nSPS) is 17.9. The van der Waals surface area contributed by atoms with E-state index in [0.29, 0.717) is 46.7 Å². The van der Waals surface area contributed by atoms with Gasteiger partial charge in [0.05, 0.1) is 16.6 Å². The Hall–Kier alpha value is -0.420. The molecule has 3 nitrogen and oxygen atoms in total. The molecule has 0 aromatic heterocycles. The van der Waals surface area contributed by atoms with E-state index in [0.717, 1.165) is 0 Å². The topological polar surface area (TPSA) is 37.4 Å². The maximum absolute atomic E-state index is 12.0. The first kappa shape index (κ1) is 14.0. The van der Waals surface area contributed by atoms with Crippen LogP contribution in [0.25, 0.3) is 0 Å². The molecule has 0 atom stereocenters. The Morgan fingerprint density at radius 1 is 1.22 bits per heavy atom. The standard InChI is InChI=1S/C12H13Cl2NO2S/c13-10-2-1-9(7-11(10)14)12(16)8-15-3-5-18(17)6-4-15/h1-2,7H,3-6,8H2. The first-order chi connectivity index (χ1) is 8.56. The van der Waals surface area contributed by atoms with Crippen LogP contribution in [0.4, 0.5) is 0 Å². The lowest BCUT2D eigenvalue weighted by Gasteiger charge is -2.25. The van der Waals surface area contributed by atoms with Crippen molar-refractivity contribution < 1.29 is 9.00 Å². The third-order valence-corrected chi connectivity index (χ3v) is 4.89. The fourth-order valence-electron chi connectivity index (χ4n) is 1.80. The number of rotatable bonds is 3. The van der Waals surface area contributed by atoms with Gasteiger partial charge in [-0.15, -0.1) is 0 Å². The van der Waals surface area contributed by atoms with Crippen LogP contribution in [0.1, 0.15) is 10.4 Å². The molecule has 0 unspecified atom stereocenters. The van der Waals surface area contributed by atoms with E-state index in [4.69, 9.17) is 23.2 Å². The quantitative estimate of drug-likeness (QED) is 0.804. The summed E-state index contributed by atoms with van der Waals surface area (Å²) in [6, 6.07) is 4.90. The van der Waals surface area contributed by atoms with Gasteiger partial charge in [-0.05, 0) is 18.2 Å². The summed E-state index contributed by atoms with van der Waals surface area (Å²) in [5, 5.41) is 0.837. The third-order valence-electron chi connectivity index (χ3n) is 2.88. The Kier molecular flexibility index (Phi) is 4.78. The number of benzene rings is 1. The Balaban J connectivity index is 1.99. The van der Waals surface area contributed by atoms with Gasteiger partial charge in [0.1, 0.15) is 0 Å². The van der Waals surface area contributed by atoms with Gasteiger partial charge in [-0.3, -0.25) is 13.9 Å². The molecule has 6 heteroatoms. The zero-order valence-electron chi connectivity index (χ0n) is 9.70. The summed E-state index contributed by atoms with van der Waals surface area (Å²) in [7, 11) is -0.718. The molecule has 1 saturated heterocycles. The summed E-state index contributed by atoms with van der Waals surface area (Å²) in [5.74, 6) is 1.31. The fraction of sp³-hybridized carbons (Fsp3) is 0.417. The van der Waals surface area contributed by atoms with Gasteiger partial charge in [-0.1, -0.05) is 23.2 Å². The van der Waals surface area contributed by atoms with Crippen LogP contribution < -0.4 is 0 Å². The summed E-state index contributed by atoms with van der Waals surface area (Å²) < 4.78 is 11.2. The second-order valence-corrected chi connectivity index (χ2v) is 6.69. The van der Waals surface area contributed by atoms with Crippen molar-refractivity contribution in [1.29, 1.82) is 0 Å². The highest BCUT2D eigenvalue weighted by atomic mass is 35.5. The monoisotopic (exact) mass is 305 g/mol. The summed E-state index contributed by atoms with van der Waals surface area (Å²) in [5.41, 5.74) is 0.566. The van der Waals surface area contributed by atoms with Crippen molar-refractivity contribution in [3.63, 3.8) is 0 Å². The van der Waals surface area contributed by atoms with Gasteiger partial charge in [0.2, 0.25) is 0 Å². The number of halogens is 2. The molecular formula is C12H13Cl2NO2S. The summed E-state index contributed by atoms with van der Waals surface area (Å²) >= 11 is 11.7. The van der Waals surface area contributed by atoms with Gasteiger partial charge in [0.25, 0.3) is 0 Å². The highest BCUT2D eigenvalue weighted by Crippen LogP contribution is 2.22. The first-order valence-corrected chi connectivity index (χ1v) is 7.86. The van der Waals surface area contributed by atoms with Crippen molar-refractivity contribution in [3.8, 4) is 0 Å². The van der Waals surface area contributed by atoms with Crippen LogP contribution >= 0.6 is 23.2 Å². The van der Waals surface area contributed by atoms with Gasteiger partial charge in [-0.2, -0.15) is 0 Å². The lowest BCUT2D eigenvalue weighted by molar-refractivity contribution is 0.0936. The Bertz CT molecular complexity index is 483. The smallest absolute Gasteiger partial charge is 0.176 e. The van der Waals surface area contributed by atoms with Crippen molar-refractivity contribution in [2.24, 2.45) is 0 Å². The summed E-state index contributed by atoms with van der Waals surface area (Å²) in [4.78, 5) is 14.1. The molecule has 0 N–H and O–H groups in total. The lowest BCUT2D eigenvalue weighted by atomic mass is 10.1. The highest BCUT2D eigenvalue weighted by molar-refractivity contribution is 7.85. The number of hydrogen-bond donors (Lipinski definition) is 0. The van der Waals surface area contributed by atoms with Crippen LogP contribution in [0.5, 0.6) is 0 Å². The Morgan fingerprint density at radius 2 is 1.89 bits per heavy atom. The minimum atomic E-state index is -0.718. The Labute approximate surface area is 119 Å². The summed E-state index contributed by atoms with van der Waals surface area (Å²) in [6.07, 6.45) is 0. The average molecular weight is 306 g/mol. The summed E-state index contributed by atoms with van der Waals surface area (Å²) in [6.45, 7) is 1.76. The second-order valence-electron chi connectivity index (χ2n) is 4.18. The molecule has 1 heterocycles. The van der Waals surface area contributed by atoms with Crippen molar-refractivity contribution in [3.05, 3.63) is 33.8 Å². The van der Waals surface area contributed by atoms with E-state index >= 15 is 0 Å². The van der Waals surface area contributed by atoms with Crippen molar-refractivity contribution in [1.82, 2.24) is 4.90 Å². The van der Waals surface area contributed by atoms with Crippen LogP contribution in [0.3, 0.4) is 0 Å². The van der Waals surface area contributed by atoms with Crippen molar-refractivity contribution >= 4 is 39.8 Å². The van der Waals surface area contributed by atoms with E-state index in [9.17, 15) is 9.00 Å². The molecule has 1 fully saturated rings. The number of ketones is 1. The number of carbonyl (C=O) groups is 1. The largest absolute Gasteiger partial charge is 0.294 e. The average Bonchev–Trinajstić information content (AvgIpc) is 2.35. The van der Waals surface area contributed by atoms with Crippen molar-refractivity contribution in [2.75, 3.05) is 31.1 Å². The van der Waals surface area contributed by atoms with E-state index in [1.54, 1.807) is 18.2 Å². The fourth-order valence-corrected chi connectivity index (χ4v) is 3.22. The van der Waals surface area contributed by atoms with Gasteiger partial charge < -0.3 is 0 Å².